The zero-order chi connectivity index (χ0) is 23.8. The lowest BCUT2D eigenvalue weighted by Crippen LogP contribution is -2.55. The minimum Gasteiger partial charge on any atom is -0.593 e. The van der Waals surface area contributed by atoms with Crippen LogP contribution in [0.5, 0.6) is 0 Å². The molecule has 0 spiro atoms. The van der Waals surface area contributed by atoms with Crippen LogP contribution in [-0.4, -0.2) is 81.9 Å². The molecular weight excluding hydrogens is 463 g/mol. The lowest BCUT2D eigenvalue weighted by atomic mass is 10.0. The van der Waals surface area contributed by atoms with E-state index < -0.39 is 33.1 Å². The second-order valence-electron chi connectivity index (χ2n) is 8.50. The van der Waals surface area contributed by atoms with Crippen molar-refractivity contribution in [3.05, 3.63) is 29.8 Å². The molecule has 3 saturated heterocycles. The maximum atomic E-state index is 13.2. The average Bonchev–Trinajstić information content (AvgIpc) is 3.30. The summed E-state index contributed by atoms with van der Waals surface area (Å²) >= 11 is 0. The lowest BCUT2D eigenvalue weighted by molar-refractivity contribution is -0.148. The van der Waals surface area contributed by atoms with Gasteiger partial charge in [-0.3, -0.25) is 9.59 Å². The van der Waals surface area contributed by atoms with Gasteiger partial charge in [0.2, 0.25) is 11.8 Å². The summed E-state index contributed by atoms with van der Waals surface area (Å²) in [5.41, 5.74) is -1.05. The smallest absolute Gasteiger partial charge is 0.416 e. The summed E-state index contributed by atoms with van der Waals surface area (Å²) in [7, 11) is -4.27. The van der Waals surface area contributed by atoms with Crippen molar-refractivity contribution in [2.45, 2.75) is 48.8 Å². The molecule has 3 aliphatic heterocycles. The molecule has 1 aromatic carbocycles. The average molecular weight is 490 g/mol. The van der Waals surface area contributed by atoms with Crippen LogP contribution in [0.15, 0.2) is 29.2 Å². The number of hydrogen-bond acceptors (Lipinski definition) is 5. The van der Waals surface area contributed by atoms with Crippen LogP contribution in [0.25, 0.3) is 0 Å². The maximum Gasteiger partial charge on any atom is 0.416 e. The Labute approximate surface area is 191 Å². The van der Waals surface area contributed by atoms with Crippen molar-refractivity contribution in [1.82, 2.24) is 14.1 Å². The predicted octanol–water partition coefficient (Wildman–Crippen LogP) is 1.92. The van der Waals surface area contributed by atoms with E-state index in [9.17, 15) is 31.5 Å². The van der Waals surface area contributed by atoms with Crippen molar-refractivity contribution in [1.29, 1.82) is 0 Å². The van der Waals surface area contributed by atoms with E-state index in [1.54, 1.807) is 9.80 Å². The van der Waals surface area contributed by atoms with Crippen LogP contribution >= 0.6 is 0 Å². The molecule has 3 heterocycles. The first-order valence-electron chi connectivity index (χ1n) is 10.9. The van der Waals surface area contributed by atoms with Gasteiger partial charge in [0.05, 0.1) is 12.2 Å². The Balaban J connectivity index is 1.44. The van der Waals surface area contributed by atoms with Crippen LogP contribution in [-0.2, 0) is 35.1 Å². The van der Waals surface area contributed by atoms with E-state index in [0.29, 0.717) is 58.0 Å². The van der Waals surface area contributed by atoms with E-state index in [1.165, 1.54) is 0 Å². The zero-order valence-electron chi connectivity index (χ0n) is 18.0. The van der Waals surface area contributed by atoms with Gasteiger partial charge in [0.15, 0.2) is 15.3 Å². The van der Waals surface area contributed by atoms with Gasteiger partial charge in [-0.05, 0) is 37.8 Å². The fraction of sp³-hybridized carbons (Fsp3) is 0.619. The number of rotatable bonds is 4. The molecule has 12 heteroatoms. The largest absolute Gasteiger partial charge is 0.593 e. The molecule has 1 aromatic rings. The molecule has 0 saturated carbocycles. The molecular formula is C21H26F3N3O5S. The molecule has 2 unspecified atom stereocenters. The summed E-state index contributed by atoms with van der Waals surface area (Å²) < 4.78 is 71.7. The number of halogens is 3. The summed E-state index contributed by atoms with van der Waals surface area (Å²) in [6.45, 7) is 1.92. The minimum atomic E-state index is -4.67. The van der Waals surface area contributed by atoms with E-state index in [1.807, 2.05) is 0 Å². The number of alkyl halides is 3. The van der Waals surface area contributed by atoms with Gasteiger partial charge in [-0.1, -0.05) is 10.3 Å². The number of ether oxygens (including phenoxy) is 1. The highest BCUT2D eigenvalue weighted by Gasteiger charge is 2.46. The molecule has 0 aliphatic carbocycles. The molecule has 2 amide bonds. The Bertz CT molecular complexity index is 951. The van der Waals surface area contributed by atoms with Crippen molar-refractivity contribution < 1.29 is 36.3 Å². The SMILES string of the molecule is O=C(C1CCCN1[S+](=O)([O-])c1cccc(C(F)(F)F)c1)N1CCC(N2CCOCC2=O)CC1. The van der Waals surface area contributed by atoms with E-state index in [-0.39, 0.29) is 31.0 Å². The maximum absolute atomic E-state index is 13.2. The normalized spacial score (nSPS) is 25.3. The van der Waals surface area contributed by atoms with Crippen molar-refractivity contribution >= 4 is 22.2 Å². The molecule has 33 heavy (non-hydrogen) atoms. The Morgan fingerprint density at radius 2 is 1.85 bits per heavy atom. The number of piperidine rings is 1. The Kier molecular flexibility index (Phi) is 6.81. The molecule has 0 aromatic heterocycles. The molecule has 182 valence electrons. The second kappa shape index (κ2) is 9.32. The highest BCUT2D eigenvalue weighted by Crippen LogP contribution is 2.35. The van der Waals surface area contributed by atoms with Crippen molar-refractivity contribution in [2.75, 3.05) is 39.4 Å². The number of likely N-dealkylation sites (tertiary alicyclic amines) is 1. The molecule has 0 radical (unpaired) electrons. The quantitative estimate of drug-likeness (QED) is 0.603. The number of sulfonamides is 1. The van der Waals surface area contributed by atoms with Gasteiger partial charge in [-0.15, -0.1) is 4.31 Å². The van der Waals surface area contributed by atoms with Crippen LogP contribution in [0, 0.1) is 0 Å². The minimum absolute atomic E-state index is 0.0129. The van der Waals surface area contributed by atoms with Gasteiger partial charge in [0, 0.05) is 38.3 Å². The first-order chi connectivity index (χ1) is 15.6. The summed E-state index contributed by atoms with van der Waals surface area (Å²) in [6, 6.07) is 2.68. The predicted molar refractivity (Wildman–Crippen MR) is 110 cm³/mol. The number of morpholine rings is 1. The van der Waals surface area contributed by atoms with Crippen LogP contribution in [0.2, 0.25) is 0 Å². The van der Waals surface area contributed by atoms with E-state index in [4.69, 9.17) is 4.74 Å². The Morgan fingerprint density at radius 1 is 1.12 bits per heavy atom. The van der Waals surface area contributed by atoms with Gasteiger partial charge in [-0.25, -0.2) is 0 Å². The molecule has 0 N–H and O–H groups in total. The van der Waals surface area contributed by atoms with Crippen LogP contribution in [0.3, 0.4) is 0 Å². The Hall–Kier alpha value is -2.02. The number of amides is 2. The van der Waals surface area contributed by atoms with Crippen molar-refractivity contribution in [3.63, 3.8) is 0 Å². The topological polar surface area (TPSA) is 93.2 Å². The number of nitrogens with zero attached hydrogens (tertiary/aromatic N) is 3. The van der Waals surface area contributed by atoms with Gasteiger partial charge >= 0.3 is 6.18 Å². The van der Waals surface area contributed by atoms with E-state index >= 15 is 0 Å². The fourth-order valence-electron chi connectivity index (χ4n) is 4.77. The number of carbonyl (C=O) groups excluding carboxylic acids is 2. The third-order valence-electron chi connectivity index (χ3n) is 6.50. The second-order valence-corrected chi connectivity index (χ2v) is 10.4. The molecule has 4 rings (SSSR count). The van der Waals surface area contributed by atoms with Crippen molar-refractivity contribution in [3.8, 4) is 0 Å². The summed E-state index contributed by atoms with van der Waals surface area (Å²) in [5, 5.41) is 0. The summed E-state index contributed by atoms with van der Waals surface area (Å²) in [6.07, 6.45) is -2.72. The van der Waals surface area contributed by atoms with Gasteiger partial charge < -0.3 is 19.1 Å². The highest BCUT2D eigenvalue weighted by molar-refractivity contribution is 7.95. The van der Waals surface area contributed by atoms with E-state index in [0.717, 1.165) is 22.5 Å². The first-order valence-corrected chi connectivity index (χ1v) is 12.4. The zero-order valence-corrected chi connectivity index (χ0v) is 18.8. The third kappa shape index (κ3) is 4.93. The molecule has 3 aliphatic rings. The number of benzene rings is 1. The third-order valence-corrected chi connectivity index (χ3v) is 8.40. The van der Waals surface area contributed by atoms with Gasteiger partial charge in [-0.2, -0.15) is 13.2 Å². The van der Waals surface area contributed by atoms with Crippen molar-refractivity contribution in [2.24, 2.45) is 0 Å². The molecule has 2 atom stereocenters. The summed E-state index contributed by atoms with van der Waals surface area (Å²) in [4.78, 5) is 28.2. The first kappa shape index (κ1) is 24.1. The monoisotopic (exact) mass is 489 g/mol. The lowest BCUT2D eigenvalue weighted by Gasteiger charge is -2.41. The van der Waals surface area contributed by atoms with Crippen LogP contribution < -0.4 is 0 Å². The van der Waals surface area contributed by atoms with Gasteiger partial charge in [0.1, 0.15) is 12.6 Å². The summed E-state index contributed by atoms with van der Waals surface area (Å²) in [5.74, 6) is -0.407. The van der Waals surface area contributed by atoms with Gasteiger partial charge in [0.25, 0.3) is 0 Å². The Morgan fingerprint density at radius 3 is 2.52 bits per heavy atom. The number of carbonyl (C=O) groups is 2. The molecule has 8 nitrogen and oxygen atoms in total. The van der Waals surface area contributed by atoms with Crippen LogP contribution in [0.4, 0.5) is 13.2 Å². The van der Waals surface area contributed by atoms with Crippen LogP contribution in [0.1, 0.15) is 31.2 Å². The standard InChI is InChI=1S/C21H26F3N3O5S/c22-21(23,24)15-3-1-4-17(13-15)33(30,31)27-8-2-5-18(27)20(29)25-9-6-16(7-10-25)26-11-12-32-14-19(26)28/h1,3-4,13,16,18H,2,5-12,14H2. The highest BCUT2D eigenvalue weighted by atomic mass is 32.3. The molecule has 0 bridgehead atoms. The number of hydrogen-bond donors (Lipinski definition) is 0. The van der Waals surface area contributed by atoms with E-state index in [2.05, 4.69) is 0 Å². The molecule has 3 fully saturated rings. The fourth-order valence-corrected chi connectivity index (χ4v) is 6.47.